The molecule has 0 aliphatic carbocycles. The number of aromatic nitrogens is 1. The van der Waals surface area contributed by atoms with Crippen LogP contribution in [0.5, 0.6) is 0 Å². The molecule has 1 aromatic heterocycles. The second-order valence-corrected chi connectivity index (χ2v) is 3.22. The molecule has 20 heavy (non-hydrogen) atoms. The molecule has 0 aromatic carbocycles. The van der Waals surface area contributed by atoms with Gasteiger partial charge in [0, 0.05) is 0 Å². The molecule has 5 nitrogen and oxygen atoms in total. The van der Waals surface area contributed by atoms with Crippen LogP contribution >= 0.6 is 0 Å². The van der Waals surface area contributed by atoms with Gasteiger partial charge in [-0.2, -0.15) is 14.9 Å². The van der Waals surface area contributed by atoms with E-state index in [0.717, 1.165) is 0 Å². The van der Waals surface area contributed by atoms with E-state index >= 15 is 0 Å². The van der Waals surface area contributed by atoms with Crippen LogP contribution in [0.15, 0.2) is 0 Å². The first kappa shape index (κ1) is 19.0. The maximum atomic E-state index is 13.7. The molecule has 0 bridgehead atoms. The van der Waals surface area contributed by atoms with Crippen molar-refractivity contribution in [3.8, 4) is 12.1 Å². The molecule has 100 valence electrons. The van der Waals surface area contributed by atoms with Gasteiger partial charge in [-0.15, -0.1) is 0 Å². The Morgan fingerprint density at radius 3 is 2.45 bits per heavy atom. The number of hydrogen-bond acceptors (Lipinski definition) is 5. The molecule has 0 N–H and O–H groups in total. The van der Waals surface area contributed by atoms with Gasteiger partial charge in [-0.25, -0.2) is 13.8 Å². The fourth-order valence-electron chi connectivity index (χ4n) is 1.32. The predicted octanol–water partition coefficient (Wildman–Crippen LogP) is -1.34. The molecule has 0 amide bonds. The quantitative estimate of drug-likeness (QED) is 0.392. The molecule has 1 unspecified atom stereocenters. The number of esters is 1. The third-order valence-corrected chi connectivity index (χ3v) is 2.12. The van der Waals surface area contributed by atoms with Gasteiger partial charge >= 0.3 is 57.4 Å². The molecular weight excluding hydrogens is 302 g/mol. The number of nitrogens with zero attached hydrogens (tertiary/aromatic N) is 3. The van der Waals surface area contributed by atoms with Gasteiger partial charge in [0.05, 0.1) is 18.2 Å². The van der Waals surface area contributed by atoms with Gasteiger partial charge < -0.3 is 6.16 Å². The van der Waals surface area contributed by atoms with Crippen LogP contribution in [-0.2, 0) is 9.53 Å². The van der Waals surface area contributed by atoms with Crippen molar-refractivity contribution in [1.29, 1.82) is 10.5 Å². The van der Waals surface area contributed by atoms with Crippen molar-refractivity contribution in [3.05, 3.63) is 28.8 Å². The summed E-state index contributed by atoms with van der Waals surface area (Å²) in [7, 11) is 0. The zero-order chi connectivity index (χ0) is 14.6. The number of carbonyl (C=O) groups excluding carboxylic acids is 1. The van der Waals surface area contributed by atoms with Crippen molar-refractivity contribution < 1.29 is 75.5 Å². The molecule has 9 heteroatoms. The molecule has 1 rings (SSSR count). The third kappa shape index (κ3) is 3.78. The van der Waals surface area contributed by atoms with Crippen molar-refractivity contribution in [2.24, 2.45) is 0 Å². The van der Waals surface area contributed by atoms with Gasteiger partial charge in [-0.05, 0) is 6.92 Å². The molecule has 0 spiro atoms. The Labute approximate surface area is 156 Å². The Bertz CT molecular complexity index is 616. The van der Waals surface area contributed by atoms with Gasteiger partial charge in [-0.3, -0.25) is 4.79 Å². The minimum absolute atomic E-state index is 0. The standard InChI is InChI=1S/C11H6F3N3O2.K.H/c1-2-19-11(18)5(3-15)7-8(12)6(4-16)17-10(14)9(7)13;;/h5H,2H2,1H3;;/q;+1;-1. The molecule has 0 radical (unpaired) electrons. The number of nitriles is 2. The summed E-state index contributed by atoms with van der Waals surface area (Å²) >= 11 is 0. The number of halogens is 3. The molecular formula is C11H7F3KN3O2. The van der Waals surface area contributed by atoms with Crippen molar-refractivity contribution in [1.82, 2.24) is 4.98 Å². The average molecular weight is 309 g/mol. The van der Waals surface area contributed by atoms with Crippen LogP contribution in [0.25, 0.3) is 0 Å². The van der Waals surface area contributed by atoms with Crippen molar-refractivity contribution in [2.45, 2.75) is 12.8 Å². The number of hydrogen-bond donors (Lipinski definition) is 0. The second kappa shape index (κ2) is 8.34. The Morgan fingerprint density at radius 2 is 2.00 bits per heavy atom. The summed E-state index contributed by atoms with van der Waals surface area (Å²) < 4.78 is 44.7. The molecule has 1 heterocycles. The first-order chi connectivity index (χ1) is 8.97. The van der Waals surface area contributed by atoms with E-state index in [1.165, 1.54) is 19.1 Å². The van der Waals surface area contributed by atoms with Gasteiger partial charge in [0.15, 0.2) is 23.2 Å². The van der Waals surface area contributed by atoms with E-state index in [9.17, 15) is 18.0 Å². The predicted molar refractivity (Wildman–Crippen MR) is 54.9 cm³/mol. The summed E-state index contributed by atoms with van der Waals surface area (Å²) in [4.78, 5) is 14.1. The number of rotatable bonds is 3. The van der Waals surface area contributed by atoms with Crippen LogP contribution in [0.1, 0.15) is 25.5 Å². The van der Waals surface area contributed by atoms with Crippen LogP contribution in [-0.4, -0.2) is 17.6 Å². The van der Waals surface area contributed by atoms with E-state index < -0.39 is 40.7 Å². The first-order valence-corrected chi connectivity index (χ1v) is 4.98. The van der Waals surface area contributed by atoms with E-state index in [4.69, 9.17) is 10.5 Å². The maximum absolute atomic E-state index is 13.7. The van der Waals surface area contributed by atoms with E-state index in [1.54, 1.807) is 0 Å². The number of ether oxygens (including phenoxy) is 1. The topological polar surface area (TPSA) is 86.8 Å². The Morgan fingerprint density at radius 1 is 1.40 bits per heavy atom. The Hall–Kier alpha value is -0.974. The van der Waals surface area contributed by atoms with Crippen LogP contribution in [0, 0.1) is 40.2 Å². The van der Waals surface area contributed by atoms with Gasteiger partial charge in [0.1, 0.15) is 6.07 Å². The zero-order valence-corrected chi connectivity index (χ0v) is 13.7. The summed E-state index contributed by atoms with van der Waals surface area (Å²) in [5, 5.41) is 17.3. The van der Waals surface area contributed by atoms with Crippen molar-refractivity contribution >= 4 is 5.97 Å². The smallest absolute Gasteiger partial charge is 1.00 e. The van der Waals surface area contributed by atoms with Gasteiger partial charge in [0.25, 0.3) is 5.95 Å². The summed E-state index contributed by atoms with van der Waals surface area (Å²) in [5.74, 6) is -8.36. The average Bonchev–Trinajstić information content (AvgIpc) is 2.39. The molecule has 0 saturated carbocycles. The van der Waals surface area contributed by atoms with Crippen molar-refractivity contribution in [3.63, 3.8) is 0 Å². The van der Waals surface area contributed by atoms with Crippen LogP contribution in [0.3, 0.4) is 0 Å². The normalized spacial score (nSPS) is 10.7. The minimum atomic E-state index is -2.01. The molecule has 0 aliphatic rings. The van der Waals surface area contributed by atoms with Gasteiger partial charge in [-0.1, -0.05) is 0 Å². The molecule has 1 aromatic rings. The zero-order valence-electron chi connectivity index (χ0n) is 11.6. The Kier molecular flexibility index (Phi) is 7.94. The second-order valence-electron chi connectivity index (χ2n) is 3.22. The SMILES string of the molecule is CCOC(=O)C(C#N)c1c(F)c(F)nc(C#N)c1F.[H-].[K+]. The van der Waals surface area contributed by atoms with Gasteiger partial charge in [0.2, 0.25) is 0 Å². The molecule has 0 saturated heterocycles. The number of pyridine rings is 1. The maximum Gasteiger partial charge on any atom is 1.00 e. The monoisotopic (exact) mass is 309 g/mol. The largest absolute Gasteiger partial charge is 1.00 e. The van der Waals surface area contributed by atoms with Crippen LogP contribution in [0.4, 0.5) is 13.2 Å². The summed E-state index contributed by atoms with van der Waals surface area (Å²) in [5.41, 5.74) is -2.22. The minimum Gasteiger partial charge on any atom is -1.00 e. The van der Waals surface area contributed by atoms with Crippen LogP contribution < -0.4 is 51.4 Å². The molecule has 0 aliphatic heterocycles. The molecule has 1 atom stereocenters. The van der Waals surface area contributed by atoms with E-state index in [2.05, 4.69) is 9.72 Å². The summed E-state index contributed by atoms with van der Waals surface area (Å²) in [6.07, 6.45) is 0. The first-order valence-electron chi connectivity index (χ1n) is 4.98. The molecule has 0 fully saturated rings. The van der Waals surface area contributed by atoms with Crippen LogP contribution in [0.2, 0.25) is 0 Å². The number of carbonyl (C=O) groups is 1. The Balaban J connectivity index is 0. The summed E-state index contributed by atoms with van der Waals surface area (Å²) in [6.45, 7) is 1.30. The van der Waals surface area contributed by atoms with E-state index in [1.807, 2.05) is 0 Å². The fraction of sp³-hybridized carbons (Fsp3) is 0.273. The third-order valence-electron chi connectivity index (χ3n) is 2.12. The van der Waals surface area contributed by atoms with E-state index in [0.29, 0.717) is 0 Å². The van der Waals surface area contributed by atoms with E-state index in [-0.39, 0.29) is 59.4 Å². The van der Waals surface area contributed by atoms with Crippen molar-refractivity contribution in [2.75, 3.05) is 6.61 Å². The summed E-state index contributed by atoms with van der Waals surface area (Å²) in [6, 6.07) is 2.50. The fourth-order valence-corrected chi connectivity index (χ4v) is 1.32.